The number of aliphatic hydroxyl groups is 1. The van der Waals surface area contributed by atoms with Crippen LogP contribution in [0.1, 0.15) is 29.9 Å². The van der Waals surface area contributed by atoms with Crippen molar-refractivity contribution in [3.05, 3.63) is 41.0 Å². The predicted molar refractivity (Wildman–Crippen MR) is 149 cm³/mol. The summed E-state index contributed by atoms with van der Waals surface area (Å²) >= 11 is 0. The lowest BCUT2D eigenvalue weighted by molar-refractivity contribution is 0.0318. The molecular formula is C29H37F3N6O3. The third kappa shape index (κ3) is 6.19. The monoisotopic (exact) mass is 574 g/mol. The Balaban J connectivity index is 1.46. The highest BCUT2D eigenvalue weighted by molar-refractivity contribution is 5.75. The number of aromatic nitrogens is 3. The molecule has 0 bridgehead atoms. The van der Waals surface area contributed by atoms with Crippen molar-refractivity contribution in [3.63, 3.8) is 0 Å². The summed E-state index contributed by atoms with van der Waals surface area (Å²) in [6.45, 7) is 8.59. The topological polar surface area (TPSA) is 99.8 Å². The summed E-state index contributed by atoms with van der Waals surface area (Å²) in [6.07, 6.45) is -1.35. The molecule has 2 N–H and O–H groups in total. The van der Waals surface area contributed by atoms with Crippen LogP contribution in [0.3, 0.4) is 0 Å². The number of halogens is 3. The van der Waals surface area contributed by atoms with Gasteiger partial charge >= 0.3 is 0 Å². The van der Waals surface area contributed by atoms with Crippen molar-refractivity contribution in [3.8, 4) is 28.4 Å². The van der Waals surface area contributed by atoms with Gasteiger partial charge in [-0.25, -0.2) is 23.1 Å². The van der Waals surface area contributed by atoms with Crippen molar-refractivity contribution in [2.75, 3.05) is 57.8 Å². The van der Waals surface area contributed by atoms with Crippen LogP contribution in [0, 0.1) is 32.0 Å². The molecule has 0 saturated carbocycles. The first kappa shape index (κ1) is 29.3. The van der Waals surface area contributed by atoms with E-state index < -0.39 is 18.3 Å². The average molecular weight is 575 g/mol. The summed E-state index contributed by atoms with van der Waals surface area (Å²) in [4.78, 5) is 13.7. The summed E-state index contributed by atoms with van der Waals surface area (Å²) in [5.41, 5.74) is 3.08. The number of nitrogens with zero attached hydrogens (tertiary/aromatic N) is 5. The first-order valence-electron chi connectivity index (χ1n) is 13.9. The number of nitrogens with one attached hydrogen (secondary N) is 1. The van der Waals surface area contributed by atoms with Gasteiger partial charge < -0.3 is 24.6 Å². The maximum absolute atomic E-state index is 15.3. The molecule has 9 nitrogen and oxygen atoms in total. The van der Waals surface area contributed by atoms with E-state index in [1.807, 2.05) is 25.7 Å². The van der Waals surface area contributed by atoms with Crippen LogP contribution >= 0.6 is 0 Å². The standard InChI is InChI=1S/C29H37F3N6O3/c1-17-26(25-18(2)36-41-19(25)3)34-27(22-11-21(5-6-23(22)30)40-14-20(39)12-33-4)35-28(17)38-15-29(16-38)7-9-37(10-8-29)13-24(31)32/h5-6,11,20,24,33,39H,7-10,12-16H2,1-4H3. The molecule has 2 fully saturated rings. The number of hydrogen-bond donors (Lipinski definition) is 2. The second kappa shape index (κ2) is 11.9. The van der Waals surface area contributed by atoms with E-state index in [2.05, 4.69) is 15.4 Å². The van der Waals surface area contributed by atoms with Gasteiger partial charge in [0.15, 0.2) is 5.82 Å². The van der Waals surface area contributed by atoms with Gasteiger partial charge in [0.1, 0.15) is 35.9 Å². The summed E-state index contributed by atoms with van der Waals surface area (Å²) < 4.78 is 52.1. The number of likely N-dealkylation sites (N-methyl/N-ethyl adjacent to an activating group) is 1. The van der Waals surface area contributed by atoms with Gasteiger partial charge in [0.05, 0.1) is 29.1 Å². The van der Waals surface area contributed by atoms with Crippen molar-refractivity contribution in [2.24, 2.45) is 5.41 Å². The Hall–Kier alpha value is -3.22. The molecule has 2 aliphatic rings. The largest absolute Gasteiger partial charge is 0.491 e. The summed E-state index contributed by atoms with van der Waals surface area (Å²) in [5, 5.41) is 17.0. The first-order chi connectivity index (χ1) is 19.6. The second-order valence-corrected chi connectivity index (χ2v) is 11.3. The Labute approximate surface area is 237 Å². The van der Waals surface area contributed by atoms with Crippen LogP contribution in [0.2, 0.25) is 0 Å². The highest BCUT2D eigenvalue weighted by Crippen LogP contribution is 2.45. The molecule has 2 aliphatic heterocycles. The van der Waals surface area contributed by atoms with Crippen molar-refractivity contribution in [2.45, 2.75) is 46.1 Å². The van der Waals surface area contributed by atoms with Gasteiger partial charge in [-0.05, 0) is 71.9 Å². The normalized spacial score (nSPS) is 17.7. The maximum Gasteiger partial charge on any atom is 0.251 e. The van der Waals surface area contributed by atoms with E-state index in [4.69, 9.17) is 19.2 Å². The number of ether oxygens (including phenoxy) is 1. The molecule has 12 heteroatoms. The molecular weight excluding hydrogens is 537 g/mol. The van der Waals surface area contributed by atoms with E-state index in [1.165, 1.54) is 12.1 Å². The van der Waals surface area contributed by atoms with Gasteiger partial charge in [0, 0.05) is 30.6 Å². The maximum atomic E-state index is 15.3. The molecule has 4 heterocycles. The van der Waals surface area contributed by atoms with E-state index in [0.29, 0.717) is 48.3 Å². The van der Waals surface area contributed by atoms with Crippen LogP contribution in [-0.4, -0.2) is 90.6 Å². The van der Waals surface area contributed by atoms with Crippen molar-refractivity contribution in [1.29, 1.82) is 0 Å². The van der Waals surface area contributed by atoms with Crippen LogP contribution in [0.15, 0.2) is 22.7 Å². The lowest BCUT2D eigenvalue weighted by Crippen LogP contribution is -2.61. The molecule has 222 valence electrons. The third-order valence-corrected chi connectivity index (χ3v) is 8.12. The number of aryl methyl sites for hydroxylation is 2. The Morgan fingerprint density at radius 3 is 2.51 bits per heavy atom. The zero-order valence-electron chi connectivity index (χ0n) is 23.9. The average Bonchev–Trinajstić information content (AvgIpc) is 3.25. The number of rotatable bonds is 10. The number of hydrogen-bond acceptors (Lipinski definition) is 9. The Bertz CT molecular complexity index is 1350. The fraction of sp³-hybridized carbons (Fsp3) is 0.552. The zero-order valence-corrected chi connectivity index (χ0v) is 23.9. The van der Waals surface area contributed by atoms with E-state index >= 15 is 4.39 Å². The molecule has 0 aliphatic carbocycles. The van der Waals surface area contributed by atoms with E-state index in [1.54, 1.807) is 13.1 Å². The summed E-state index contributed by atoms with van der Waals surface area (Å²) in [5.74, 6) is 1.38. The lowest BCUT2D eigenvalue weighted by atomic mass is 9.72. The summed E-state index contributed by atoms with van der Waals surface area (Å²) in [6, 6.07) is 4.36. The van der Waals surface area contributed by atoms with Crippen molar-refractivity contribution >= 4 is 5.82 Å². The fourth-order valence-electron chi connectivity index (χ4n) is 5.88. The molecule has 1 unspecified atom stereocenters. The van der Waals surface area contributed by atoms with E-state index in [0.717, 1.165) is 37.1 Å². The van der Waals surface area contributed by atoms with Gasteiger partial charge in [0.2, 0.25) is 0 Å². The molecule has 0 amide bonds. The minimum absolute atomic E-state index is 0.0425. The van der Waals surface area contributed by atoms with Crippen LogP contribution in [0.25, 0.3) is 22.6 Å². The molecule has 0 radical (unpaired) electrons. The fourth-order valence-corrected chi connectivity index (χ4v) is 5.88. The Morgan fingerprint density at radius 1 is 1.15 bits per heavy atom. The zero-order chi connectivity index (χ0) is 29.3. The highest BCUT2D eigenvalue weighted by atomic mass is 19.3. The van der Waals surface area contributed by atoms with Crippen LogP contribution in [-0.2, 0) is 0 Å². The molecule has 1 atom stereocenters. The minimum Gasteiger partial charge on any atom is -0.491 e. The Morgan fingerprint density at radius 2 is 1.88 bits per heavy atom. The van der Waals surface area contributed by atoms with Gasteiger partial charge in [-0.15, -0.1) is 0 Å². The van der Waals surface area contributed by atoms with Gasteiger partial charge in [0.25, 0.3) is 6.43 Å². The smallest absolute Gasteiger partial charge is 0.251 e. The van der Waals surface area contributed by atoms with Crippen LogP contribution in [0.5, 0.6) is 5.75 Å². The van der Waals surface area contributed by atoms with Gasteiger partial charge in [-0.1, -0.05) is 5.16 Å². The number of likely N-dealkylation sites (tertiary alicyclic amines) is 1. The molecule has 2 aromatic heterocycles. The van der Waals surface area contributed by atoms with Crippen molar-refractivity contribution < 1.29 is 27.5 Å². The van der Waals surface area contributed by atoms with Crippen LogP contribution in [0.4, 0.5) is 19.0 Å². The Kier molecular flexibility index (Phi) is 8.53. The summed E-state index contributed by atoms with van der Waals surface area (Å²) in [7, 11) is 1.73. The first-order valence-corrected chi connectivity index (χ1v) is 13.9. The molecule has 5 rings (SSSR count). The number of benzene rings is 1. The molecule has 41 heavy (non-hydrogen) atoms. The van der Waals surface area contributed by atoms with Gasteiger partial charge in [-0.3, -0.25) is 4.90 Å². The number of anilines is 1. The molecule has 1 aromatic carbocycles. The number of piperidine rings is 1. The minimum atomic E-state index is -2.32. The quantitative estimate of drug-likeness (QED) is 0.372. The van der Waals surface area contributed by atoms with Gasteiger partial charge in [-0.2, -0.15) is 0 Å². The van der Waals surface area contributed by atoms with Crippen molar-refractivity contribution in [1.82, 2.24) is 25.3 Å². The SMILES string of the molecule is CNCC(O)COc1ccc(F)c(-c2nc(-c3c(C)noc3C)c(C)c(N3CC4(CCN(CC(F)F)CC4)C3)n2)c1. The molecule has 1 spiro atoms. The lowest BCUT2D eigenvalue weighted by Gasteiger charge is -2.54. The third-order valence-electron chi connectivity index (χ3n) is 8.12. The second-order valence-electron chi connectivity index (χ2n) is 11.3. The number of alkyl halides is 2. The van der Waals surface area contributed by atoms with E-state index in [9.17, 15) is 13.9 Å². The van der Waals surface area contributed by atoms with Crippen LogP contribution < -0.4 is 15.0 Å². The highest BCUT2D eigenvalue weighted by Gasteiger charge is 2.46. The molecule has 2 saturated heterocycles. The number of aliphatic hydroxyl groups excluding tert-OH is 1. The predicted octanol–water partition coefficient (Wildman–Crippen LogP) is 3.99. The molecule has 3 aromatic rings. The van der Waals surface area contributed by atoms with E-state index in [-0.39, 0.29) is 30.0 Å².